The Bertz CT molecular complexity index is 1450. The van der Waals surface area contributed by atoms with E-state index in [9.17, 15) is 9.18 Å². The fraction of sp³-hybridized carbons (Fsp3) is 0.267. The van der Waals surface area contributed by atoms with Crippen LogP contribution in [-0.4, -0.2) is 32.9 Å². The largest absolute Gasteiger partial charge is 0.367 e. The number of amides is 2. The number of rotatable bonds is 7. The predicted molar refractivity (Wildman–Crippen MR) is 148 cm³/mol. The second kappa shape index (κ2) is 11.8. The molecular formula is C30H30FN7O. The van der Waals surface area contributed by atoms with Crippen molar-refractivity contribution in [1.29, 1.82) is 5.26 Å². The summed E-state index contributed by atoms with van der Waals surface area (Å²) >= 11 is 0. The maximum atomic E-state index is 13.7. The summed E-state index contributed by atoms with van der Waals surface area (Å²) in [6, 6.07) is 19.9. The van der Waals surface area contributed by atoms with E-state index in [0.29, 0.717) is 11.1 Å². The van der Waals surface area contributed by atoms with Crippen LogP contribution in [0.4, 0.5) is 20.7 Å². The van der Waals surface area contributed by atoms with Crippen molar-refractivity contribution in [2.24, 2.45) is 7.05 Å². The normalized spacial score (nSPS) is 16.7. The molecule has 198 valence electrons. The molecule has 2 N–H and O–H groups in total. The second-order valence-electron chi connectivity index (χ2n) is 9.80. The Morgan fingerprint density at radius 3 is 2.51 bits per heavy atom. The molecule has 39 heavy (non-hydrogen) atoms. The molecule has 2 aromatic carbocycles. The van der Waals surface area contributed by atoms with E-state index in [2.05, 4.69) is 26.8 Å². The van der Waals surface area contributed by atoms with Gasteiger partial charge in [0.05, 0.1) is 11.8 Å². The highest BCUT2D eigenvalue weighted by molar-refractivity contribution is 5.93. The maximum absolute atomic E-state index is 13.7. The molecule has 0 saturated heterocycles. The van der Waals surface area contributed by atoms with Gasteiger partial charge in [-0.25, -0.2) is 14.2 Å². The van der Waals surface area contributed by atoms with Gasteiger partial charge in [0, 0.05) is 49.3 Å². The molecule has 0 spiro atoms. The number of hydrogen-bond acceptors (Lipinski definition) is 5. The lowest BCUT2D eigenvalue weighted by Gasteiger charge is -2.37. The quantitative estimate of drug-likeness (QED) is 0.327. The molecular weight excluding hydrogens is 493 g/mol. The van der Waals surface area contributed by atoms with Crippen molar-refractivity contribution in [2.75, 3.05) is 10.2 Å². The summed E-state index contributed by atoms with van der Waals surface area (Å²) in [5.41, 5.74) is 4.07. The Kier molecular flexibility index (Phi) is 7.83. The Balaban J connectivity index is 1.30. The van der Waals surface area contributed by atoms with Crippen LogP contribution < -0.4 is 15.5 Å². The summed E-state index contributed by atoms with van der Waals surface area (Å²) < 4.78 is 15.4. The average Bonchev–Trinajstić information content (AvgIpc) is 3.40. The summed E-state index contributed by atoms with van der Waals surface area (Å²) in [6.45, 7) is 0.238. The van der Waals surface area contributed by atoms with E-state index >= 15 is 0 Å². The molecule has 9 heteroatoms. The van der Waals surface area contributed by atoms with Gasteiger partial charge in [-0.2, -0.15) is 10.4 Å². The summed E-state index contributed by atoms with van der Waals surface area (Å²) in [5, 5.41) is 19.7. The van der Waals surface area contributed by atoms with Gasteiger partial charge in [0.15, 0.2) is 0 Å². The fourth-order valence-corrected chi connectivity index (χ4v) is 5.02. The van der Waals surface area contributed by atoms with Gasteiger partial charge < -0.3 is 10.6 Å². The molecule has 5 rings (SSSR count). The zero-order chi connectivity index (χ0) is 27.2. The van der Waals surface area contributed by atoms with Crippen molar-refractivity contribution >= 4 is 17.5 Å². The number of nitriles is 1. The maximum Gasteiger partial charge on any atom is 0.322 e. The first-order valence-corrected chi connectivity index (χ1v) is 13.0. The van der Waals surface area contributed by atoms with Gasteiger partial charge in [-0.1, -0.05) is 24.3 Å². The lowest BCUT2D eigenvalue weighted by molar-refractivity contribution is 0.240. The van der Waals surface area contributed by atoms with Crippen molar-refractivity contribution in [3.8, 4) is 17.2 Å². The number of carbonyl (C=O) groups is 1. The highest BCUT2D eigenvalue weighted by atomic mass is 19.1. The van der Waals surface area contributed by atoms with Crippen LogP contribution >= 0.6 is 0 Å². The molecule has 0 atom stereocenters. The third-order valence-corrected chi connectivity index (χ3v) is 7.04. The van der Waals surface area contributed by atoms with Crippen LogP contribution in [-0.2, 0) is 13.6 Å². The Hall–Kier alpha value is -4.71. The van der Waals surface area contributed by atoms with Crippen LogP contribution in [0.15, 0.2) is 79.3 Å². The number of pyridine rings is 1. The Morgan fingerprint density at radius 1 is 1.08 bits per heavy atom. The molecule has 0 radical (unpaired) electrons. The van der Waals surface area contributed by atoms with Crippen LogP contribution in [0.2, 0.25) is 0 Å². The number of nitrogens with zero attached hydrogens (tertiary/aromatic N) is 5. The topological polar surface area (TPSA) is 98.9 Å². The number of benzene rings is 2. The van der Waals surface area contributed by atoms with Gasteiger partial charge in [0.2, 0.25) is 0 Å². The standard InChI is InChI=1S/C30H30FN7O/c1-37-20-24(19-35-37)23-6-10-27(11-7-23)38(30(39)34-17-21-3-2-4-25(31)15-21)28-12-8-26(9-13-28)36-29-14-5-22(16-32)18-33-29/h2-7,10-11,14-15,18-20,26,28H,8-9,12-13,17H2,1H3,(H,33,36)(H,34,39)/t26-,28-. The van der Waals surface area contributed by atoms with E-state index in [1.54, 1.807) is 29.1 Å². The van der Waals surface area contributed by atoms with Crippen LogP contribution in [0.3, 0.4) is 0 Å². The minimum atomic E-state index is -0.327. The van der Waals surface area contributed by atoms with Crippen LogP contribution in [0.25, 0.3) is 11.1 Å². The number of urea groups is 1. The van der Waals surface area contributed by atoms with Gasteiger partial charge in [0.25, 0.3) is 0 Å². The van der Waals surface area contributed by atoms with Gasteiger partial charge in [-0.3, -0.25) is 9.58 Å². The summed E-state index contributed by atoms with van der Waals surface area (Å²) in [7, 11) is 1.88. The lowest BCUT2D eigenvalue weighted by Crippen LogP contribution is -2.48. The molecule has 1 aliphatic carbocycles. The van der Waals surface area contributed by atoms with Crippen molar-refractivity contribution in [3.63, 3.8) is 0 Å². The van der Waals surface area contributed by atoms with E-state index in [1.807, 2.05) is 54.7 Å². The first kappa shape index (κ1) is 25.9. The van der Waals surface area contributed by atoms with Crippen molar-refractivity contribution in [1.82, 2.24) is 20.1 Å². The zero-order valence-electron chi connectivity index (χ0n) is 21.7. The van der Waals surface area contributed by atoms with E-state index < -0.39 is 0 Å². The average molecular weight is 524 g/mol. The molecule has 2 aromatic heterocycles. The fourth-order valence-electron chi connectivity index (χ4n) is 5.02. The van der Waals surface area contributed by atoms with E-state index in [1.165, 1.54) is 12.1 Å². The smallest absolute Gasteiger partial charge is 0.322 e. The Morgan fingerprint density at radius 2 is 1.87 bits per heavy atom. The monoisotopic (exact) mass is 523 g/mol. The summed E-state index contributed by atoms with van der Waals surface area (Å²) in [5.74, 6) is 0.417. The molecule has 1 aliphatic rings. The minimum Gasteiger partial charge on any atom is -0.367 e. The third kappa shape index (κ3) is 6.41. The zero-order valence-corrected chi connectivity index (χ0v) is 21.7. The summed E-state index contributed by atoms with van der Waals surface area (Å²) in [4.78, 5) is 19.7. The molecule has 2 amide bonds. The molecule has 0 aliphatic heterocycles. The predicted octanol–water partition coefficient (Wildman–Crippen LogP) is 5.63. The van der Waals surface area contributed by atoms with Gasteiger partial charge in [0.1, 0.15) is 17.7 Å². The van der Waals surface area contributed by atoms with E-state index in [4.69, 9.17) is 5.26 Å². The van der Waals surface area contributed by atoms with E-state index in [-0.39, 0.29) is 30.5 Å². The SMILES string of the molecule is Cn1cc(-c2ccc(N(C(=O)NCc3cccc(F)c3)[C@H]3CC[C@H](Nc4ccc(C#N)cn4)CC3)cc2)cn1. The second-order valence-corrected chi connectivity index (χ2v) is 9.80. The van der Waals surface area contributed by atoms with Crippen molar-refractivity contribution < 1.29 is 9.18 Å². The lowest BCUT2D eigenvalue weighted by atomic mass is 9.89. The van der Waals surface area contributed by atoms with Crippen molar-refractivity contribution in [2.45, 2.75) is 44.3 Å². The number of aryl methyl sites for hydroxylation is 1. The van der Waals surface area contributed by atoms with Gasteiger partial charge in [-0.05, 0) is 73.2 Å². The highest BCUT2D eigenvalue weighted by Crippen LogP contribution is 2.31. The first-order valence-electron chi connectivity index (χ1n) is 13.0. The highest BCUT2D eigenvalue weighted by Gasteiger charge is 2.30. The molecule has 2 heterocycles. The minimum absolute atomic E-state index is 0.00808. The molecule has 0 unspecified atom stereocenters. The number of halogens is 1. The first-order chi connectivity index (χ1) is 19.0. The Labute approximate surface area is 227 Å². The van der Waals surface area contributed by atoms with Crippen molar-refractivity contribution in [3.05, 3.63) is 96.2 Å². The van der Waals surface area contributed by atoms with Crippen LogP contribution in [0.5, 0.6) is 0 Å². The molecule has 0 bridgehead atoms. The number of anilines is 2. The summed E-state index contributed by atoms with van der Waals surface area (Å²) in [6.07, 6.45) is 8.69. The molecule has 8 nitrogen and oxygen atoms in total. The van der Waals surface area contributed by atoms with Crippen LogP contribution in [0, 0.1) is 17.1 Å². The van der Waals surface area contributed by atoms with Gasteiger partial charge >= 0.3 is 6.03 Å². The third-order valence-electron chi connectivity index (χ3n) is 7.04. The molecule has 1 saturated carbocycles. The number of carbonyl (C=O) groups excluding carboxylic acids is 1. The molecule has 1 fully saturated rings. The number of hydrogen-bond donors (Lipinski definition) is 2. The van der Waals surface area contributed by atoms with E-state index in [0.717, 1.165) is 48.3 Å². The number of aromatic nitrogens is 3. The number of nitrogens with one attached hydrogen (secondary N) is 2. The van der Waals surface area contributed by atoms with Crippen LogP contribution in [0.1, 0.15) is 36.8 Å². The van der Waals surface area contributed by atoms with Gasteiger partial charge in [-0.15, -0.1) is 0 Å². The molecule has 4 aromatic rings.